The fraction of sp³-hybridized carbons (Fsp3) is 0. The van der Waals surface area contributed by atoms with Crippen LogP contribution in [0, 0.1) is 14.9 Å². The third-order valence-electron chi connectivity index (χ3n) is 0. The van der Waals surface area contributed by atoms with Crippen LogP contribution in [-0.4, -0.2) is 20.4 Å². The second kappa shape index (κ2) is 1450. The molecule has 0 aliphatic rings. The Morgan fingerprint density at radius 2 is 0.556 bits per heavy atom. The quantitative estimate of drug-likeness (QED) is 0.296. The summed E-state index contributed by atoms with van der Waals surface area (Å²) in [5.41, 5.74) is 0. The van der Waals surface area contributed by atoms with Crippen molar-refractivity contribution in [3.8, 4) is 0 Å². The predicted octanol–water partition coefficient (Wildman–Crippen LogP) is 0.0758. The van der Waals surface area contributed by atoms with Crippen LogP contribution in [0.25, 0.3) is 0 Å². The SMILES string of the molecule is [CH-]=O.[CH-]=O.[CH-]=O.[CH3-].[CH3-].[Fe+5]. The van der Waals surface area contributed by atoms with E-state index in [4.69, 9.17) is 14.4 Å². The fourth-order valence-electron chi connectivity index (χ4n) is 0. The first kappa shape index (κ1) is 75.6. The van der Waals surface area contributed by atoms with Gasteiger partial charge in [-0.2, -0.15) is 0 Å². The smallest absolute Gasteiger partial charge is 0.545 e. The largest absolute Gasteiger partial charge is 5.00 e. The molecule has 0 heterocycles. The Morgan fingerprint density at radius 1 is 0.556 bits per heavy atom. The van der Waals surface area contributed by atoms with Gasteiger partial charge in [-0.3, -0.25) is 20.4 Å². The van der Waals surface area contributed by atoms with Gasteiger partial charge in [0, 0.05) is 0 Å². The average molecular weight is 173 g/mol. The molecule has 0 aliphatic carbocycles. The zero-order valence-corrected chi connectivity index (χ0v) is 6.41. The molecule has 0 aliphatic heterocycles. The van der Waals surface area contributed by atoms with E-state index >= 15 is 0 Å². The van der Waals surface area contributed by atoms with Gasteiger partial charge in [-0.15, -0.1) is 0 Å². The second-order valence-electron chi connectivity index (χ2n) is 0. The van der Waals surface area contributed by atoms with Crippen molar-refractivity contribution in [2.45, 2.75) is 0 Å². The summed E-state index contributed by atoms with van der Waals surface area (Å²) in [4.78, 5) is 23.2. The summed E-state index contributed by atoms with van der Waals surface area (Å²) in [5.74, 6) is 0. The summed E-state index contributed by atoms with van der Waals surface area (Å²) in [7, 11) is 0. The first-order valence-corrected chi connectivity index (χ1v) is 0.707. The van der Waals surface area contributed by atoms with Crippen LogP contribution in [0.2, 0.25) is 0 Å². The van der Waals surface area contributed by atoms with Crippen molar-refractivity contribution < 1.29 is 31.5 Å². The number of hydrogen-bond acceptors (Lipinski definition) is 3. The molecule has 0 fully saturated rings. The van der Waals surface area contributed by atoms with E-state index in [0.29, 0.717) is 0 Å². The van der Waals surface area contributed by atoms with Gasteiger partial charge in [0.2, 0.25) is 0 Å². The monoisotopic (exact) mass is 173 g/mol. The molecule has 0 spiro atoms. The molecule has 0 unspecified atom stereocenters. The molecule has 0 aromatic heterocycles. The molecule has 0 amide bonds. The van der Waals surface area contributed by atoms with Crippen molar-refractivity contribution in [2.24, 2.45) is 0 Å². The minimum atomic E-state index is 0. The summed E-state index contributed by atoms with van der Waals surface area (Å²) in [6, 6.07) is 0. The third kappa shape index (κ3) is 1040. The van der Waals surface area contributed by atoms with Crippen LogP contribution >= 0.6 is 0 Å². The summed E-state index contributed by atoms with van der Waals surface area (Å²) in [6.07, 6.45) is 0. The Bertz CT molecular complexity index is 16.9. The van der Waals surface area contributed by atoms with Crippen molar-refractivity contribution >= 4 is 20.4 Å². The van der Waals surface area contributed by atoms with Crippen molar-refractivity contribution in [1.82, 2.24) is 0 Å². The van der Waals surface area contributed by atoms with Crippen molar-refractivity contribution in [2.75, 3.05) is 0 Å². The maximum Gasteiger partial charge on any atom is 5.00 e. The first-order chi connectivity index (χ1) is 3.00. The van der Waals surface area contributed by atoms with Gasteiger partial charge in [0.1, 0.15) is 0 Å². The van der Waals surface area contributed by atoms with E-state index in [1.807, 2.05) is 0 Å². The van der Waals surface area contributed by atoms with Crippen molar-refractivity contribution in [3.05, 3.63) is 14.9 Å². The van der Waals surface area contributed by atoms with Crippen LogP contribution in [0.1, 0.15) is 0 Å². The van der Waals surface area contributed by atoms with E-state index in [0.717, 1.165) is 0 Å². The van der Waals surface area contributed by atoms with E-state index in [2.05, 4.69) is 20.4 Å². The van der Waals surface area contributed by atoms with Crippen LogP contribution in [0.3, 0.4) is 0 Å². The molecule has 3 nitrogen and oxygen atoms in total. The fourth-order valence-corrected chi connectivity index (χ4v) is 0. The van der Waals surface area contributed by atoms with E-state index < -0.39 is 0 Å². The summed E-state index contributed by atoms with van der Waals surface area (Å²) < 4.78 is 0. The van der Waals surface area contributed by atoms with Gasteiger partial charge >= 0.3 is 17.1 Å². The van der Waals surface area contributed by atoms with Crippen molar-refractivity contribution in [3.63, 3.8) is 0 Å². The molecule has 0 bridgehead atoms. The maximum atomic E-state index is 7.75. The summed E-state index contributed by atoms with van der Waals surface area (Å²) in [6.45, 7) is 9.75. The Kier molecular flexibility index (Phi) is 12200. The van der Waals surface area contributed by atoms with Gasteiger partial charge in [-0.25, -0.2) is 0 Å². The first-order valence-electron chi connectivity index (χ1n) is 0.707. The Labute approximate surface area is 67.3 Å². The van der Waals surface area contributed by atoms with Gasteiger partial charge in [0.05, 0.1) is 0 Å². The molecule has 0 N–H and O–H groups in total. The van der Waals surface area contributed by atoms with Gasteiger partial charge in [0.15, 0.2) is 0 Å². The molecule has 0 aromatic carbocycles. The van der Waals surface area contributed by atoms with Crippen LogP contribution < -0.4 is 0 Å². The minimum absolute atomic E-state index is 0. The molecule has 0 saturated carbocycles. The Balaban J connectivity index is -0.00000000321. The Hall–Kier alpha value is -0.471. The van der Waals surface area contributed by atoms with E-state index in [1.165, 1.54) is 0 Å². The molecule has 0 saturated heterocycles. The number of carbonyl (C=O) groups excluding carboxylic acids is 3. The third-order valence-corrected chi connectivity index (χ3v) is 0. The van der Waals surface area contributed by atoms with Crippen LogP contribution in [-0.2, 0) is 31.5 Å². The van der Waals surface area contributed by atoms with Crippen LogP contribution in [0.15, 0.2) is 0 Å². The predicted molar refractivity (Wildman–Crippen MR) is 33.1 cm³/mol. The van der Waals surface area contributed by atoms with E-state index in [-0.39, 0.29) is 31.9 Å². The zero-order valence-electron chi connectivity index (χ0n) is 5.31. The Morgan fingerprint density at radius 3 is 0.556 bits per heavy atom. The van der Waals surface area contributed by atoms with E-state index in [1.54, 1.807) is 0 Å². The molecular formula is C5H9FeO3. The molecule has 9 heavy (non-hydrogen) atoms. The normalized spacial score (nSPS) is 1.33. The maximum absolute atomic E-state index is 7.75. The van der Waals surface area contributed by atoms with Crippen LogP contribution in [0.5, 0.6) is 0 Å². The second-order valence-corrected chi connectivity index (χ2v) is 0. The molecule has 4 heteroatoms. The standard InChI is InChI=1S/3CHO.2CH3.Fe/c3*1-2;;;/h3*1H;2*1H3;/q5*-1;+5. The average Bonchev–Trinajstić information content (AvgIpc) is 1.81. The number of hydrogen-bond donors (Lipinski definition) is 0. The molecule has 0 aromatic rings. The molecular weight excluding hydrogens is 164 g/mol. The molecule has 0 atom stereocenters. The van der Waals surface area contributed by atoms with Gasteiger partial charge in [-0.05, 0) is 0 Å². The molecule has 0 rings (SSSR count). The molecule has 55 valence electrons. The topological polar surface area (TPSA) is 51.2 Å². The zero-order chi connectivity index (χ0) is 6.00. The minimum Gasteiger partial charge on any atom is -0.545 e. The summed E-state index contributed by atoms with van der Waals surface area (Å²) in [5, 5.41) is 0. The molecule has 1 radical (unpaired) electrons. The van der Waals surface area contributed by atoms with E-state index in [9.17, 15) is 0 Å². The van der Waals surface area contributed by atoms with Gasteiger partial charge < -0.3 is 29.2 Å². The van der Waals surface area contributed by atoms with Gasteiger partial charge in [0.25, 0.3) is 0 Å². The van der Waals surface area contributed by atoms with Crippen LogP contribution in [0.4, 0.5) is 0 Å². The van der Waals surface area contributed by atoms with Crippen molar-refractivity contribution in [1.29, 1.82) is 0 Å². The number of rotatable bonds is 0. The summed E-state index contributed by atoms with van der Waals surface area (Å²) >= 11 is 0. The van der Waals surface area contributed by atoms with Gasteiger partial charge in [-0.1, -0.05) is 0 Å².